The van der Waals surface area contributed by atoms with Gasteiger partial charge in [-0.25, -0.2) is 0 Å². The normalized spacial score (nSPS) is 30.8. The van der Waals surface area contributed by atoms with Crippen LogP contribution < -0.4 is 0 Å². The van der Waals surface area contributed by atoms with Gasteiger partial charge < -0.3 is 28.8 Å². The summed E-state index contributed by atoms with van der Waals surface area (Å²) in [5.74, 6) is -3.06. The highest BCUT2D eigenvalue weighted by molar-refractivity contribution is 6.19. The van der Waals surface area contributed by atoms with E-state index < -0.39 is 66.1 Å². The third-order valence-electron chi connectivity index (χ3n) is 3.99. The quantitative estimate of drug-likeness (QED) is 0.332. The van der Waals surface area contributed by atoms with Crippen molar-refractivity contribution < 1.29 is 48.0 Å². The van der Waals surface area contributed by atoms with E-state index in [4.69, 9.17) is 35.3 Å². The molecule has 28 heavy (non-hydrogen) atoms. The molecule has 1 fully saturated rings. The molecule has 6 atom stereocenters. The Hall–Kier alpha value is -1.75. The van der Waals surface area contributed by atoms with Crippen LogP contribution in [-0.4, -0.2) is 71.2 Å². The number of alkyl halides is 1. The van der Waals surface area contributed by atoms with Gasteiger partial charge in [0.05, 0.1) is 0 Å². The fraction of sp³-hybridized carbons (Fsp3) is 0.765. The Morgan fingerprint density at radius 1 is 1.04 bits per heavy atom. The summed E-state index contributed by atoms with van der Waals surface area (Å²) in [5, 5.41) is 10.4. The first-order chi connectivity index (χ1) is 12.9. The van der Waals surface area contributed by atoms with Crippen molar-refractivity contribution in [2.75, 3.05) is 6.61 Å². The summed E-state index contributed by atoms with van der Waals surface area (Å²) in [6, 6.07) is 0. The molecule has 2 unspecified atom stereocenters. The zero-order valence-corrected chi connectivity index (χ0v) is 17.1. The minimum Gasteiger partial charge on any atom is -0.463 e. The Balaban J connectivity index is 3.55. The Bertz CT molecular complexity index is 609. The van der Waals surface area contributed by atoms with Crippen LogP contribution in [-0.2, 0) is 42.9 Å². The van der Waals surface area contributed by atoms with Gasteiger partial charge in [0.15, 0.2) is 24.3 Å². The van der Waals surface area contributed by atoms with Gasteiger partial charge in [-0.05, 0) is 13.3 Å². The highest BCUT2D eigenvalue weighted by Crippen LogP contribution is 2.39. The Morgan fingerprint density at radius 3 is 2.00 bits per heavy atom. The summed E-state index contributed by atoms with van der Waals surface area (Å²) in [6.45, 7) is 5.59. The maximum absolute atomic E-state index is 12.7. The van der Waals surface area contributed by atoms with Crippen LogP contribution in [0.5, 0.6) is 0 Å². The Morgan fingerprint density at radius 2 is 1.57 bits per heavy atom. The molecule has 0 aromatic heterocycles. The van der Waals surface area contributed by atoms with Crippen molar-refractivity contribution in [2.24, 2.45) is 0 Å². The van der Waals surface area contributed by atoms with Crippen LogP contribution in [0.2, 0.25) is 0 Å². The molecule has 1 aliphatic rings. The molecule has 1 heterocycles. The second-order valence-corrected chi connectivity index (χ2v) is 6.70. The summed E-state index contributed by atoms with van der Waals surface area (Å²) < 4.78 is 26.3. The van der Waals surface area contributed by atoms with E-state index in [1.165, 1.54) is 0 Å². The fourth-order valence-electron chi connectivity index (χ4n) is 2.88. The molecule has 1 saturated heterocycles. The molecular weight excluding hydrogens is 400 g/mol. The van der Waals surface area contributed by atoms with Gasteiger partial charge in [-0.15, -0.1) is 0 Å². The number of aliphatic hydroxyl groups excluding tert-OH is 1. The van der Waals surface area contributed by atoms with Gasteiger partial charge >= 0.3 is 17.9 Å². The molecule has 0 radical (unpaired) electrons. The lowest BCUT2D eigenvalue weighted by Gasteiger charge is -2.50. The number of ether oxygens (including phenoxy) is 5. The first-order valence-corrected chi connectivity index (χ1v) is 9.03. The SMILES string of the molecule is CCC(Cl)O[C@@]1(C(C)=O)[C@H](OC(C)=O)[C@@H](COC(C)=O)OC(O)[C@@H]1OC(C)=O. The van der Waals surface area contributed by atoms with E-state index in [1.807, 2.05) is 0 Å². The smallest absolute Gasteiger partial charge is 0.303 e. The highest BCUT2D eigenvalue weighted by Gasteiger charge is 2.65. The predicted octanol–water partition coefficient (Wildman–Crippen LogP) is 0.449. The van der Waals surface area contributed by atoms with Gasteiger partial charge in [0.1, 0.15) is 18.3 Å². The largest absolute Gasteiger partial charge is 0.463 e. The number of Topliss-reactive ketones (excluding diaryl/α,β-unsaturated/α-hetero) is 1. The highest BCUT2D eigenvalue weighted by atomic mass is 35.5. The number of ketones is 1. The van der Waals surface area contributed by atoms with Crippen molar-refractivity contribution in [3.63, 3.8) is 0 Å². The molecule has 0 aromatic carbocycles. The molecule has 0 spiro atoms. The number of carbonyl (C=O) groups is 4. The molecule has 0 aliphatic carbocycles. The summed E-state index contributed by atoms with van der Waals surface area (Å²) >= 11 is 6.10. The van der Waals surface area contributed by atoms with Crippen LogP contribution in [0.25, 0.3) is 0 Å². The second-order valence-electron chi connectivity index (χ2n) is 6.21. The monoisotopic (exact) mass is 424 g/mol. The van der Waals surface area contributed by atoms with Gasteiger partial charge in [0.25, 0.3) is 0 Å². The van der Waals surface area contributed by atoms with Crippen LogP contribution in [0.1, 0.15) is 41.0 Å². The maximum atomic E-state index is 12.7. The minimum absolute atomic E-state index is 0.238. The fourth-order valence-corrected chi connectivity index (χ4v) is 3.02. The zero-order chi connectivity index (χ0) is 21.6. The van der Waals surface area contributed by atoms with Gasteiger partial charge in [0, 0.05) is 20.8 Å². The third kappa shape index (κ3) is 5.63. The van der Waals surface area contributed by atoms with E-state index in [0.29, 0.717) is 0 Å². The van der Waals surface area contributed by atoms with Gasteiger partial charge in [-0.2, -0.15) is 0 Å². The summed E-state index contributed by atoms with van der Waals surface area (Å²) in [5.41, 5.74) is -3.25. The molecule has 1 N–H and O–H groups in total. The molecule has 1 rings (SSSR count). The molecular formula is C17H25ClO10. The van der Waals surface area contributed by atoms with E-state index in [9.17, 15) is 24.3 Å². The molecule has 1 aliphatic heterocycles. The van der Waals surface area contributed by atoms with Crippen molar-refractivity contribution in [1.29, 1.82) is 0 Å². The number of halogens is 1. The number of carbonyl (C=O) groups excluding carboxylic acids is 4. The lowest BCUT2D eigenvalue weighted by atomic mass is 9.80. The van der Waals surface area contributed by atoms with Crippen molar-refractivity contribution in [3.05, 3.63) is 0 Å². The van der Waals surface area contributed by atoms with Crippen LogP contribution in [0.15, 0.2) is 0 Å². The molecule has 0 saturated carbocycles. The predicted molar refractivity (Wildman–Crippen MR) is 93.0 cm³/mol. The molecule has 10 nitrogen and oxygen atoms in total. The number of hydrogen-bond acceptors (Lipinski definition) is 10. The van der Waals surface area contributed by atoms with Crippen LogP contribution in [0.3, 0.4) is 0 Å². The first-order valence-electron chi connectivity index (χ1n) is 8.59. The van der Waals surface area contributed by atoms with E-state index in [1.54, 1.807) is 6.92 Å². The van der Waals surface area contributed by atoms with E-state index >= 15 is 0 Å². The number of aliphatic hydroxyl groups is 1. The zero-order valence-electron chi connectivity index (χ0n) is 16.3. The van der Waals surface area contributed by atoms with E-state index in [2.05, 4.69) is 0 Å². The van der Waals surface area contributed by atoms with Gasteiger partial charge in [-0.3, -0.25) is 19.2 Å². The average Bonchev–Trinajstić information content (AvgIpc) is 2.57. The molecule has 0 amide bonds. The van der Waals surface area contributed by atoms with Crippen LogP contribution >= 0.6 is 11.6 Å². The lowest BCUT2D eigenvalue weighted by Crippen LogP contribution is -2.73. The van der Waals surface area contributed by atoms with Crippen LogP contribution in [0.4, 0.5) is 0 Å². The van der Waals surface area contributed by atoms with Crippen molar-refractivity contribution in [1.82, 2.24) is 0 Å². The lowest BCUT2D eigenvalue weighted by molar-refractivity contribution is -0.326. The third-order valence-corrected chi connectivity index (χ3v) is 4.38. The topological polar surface area (TPSA) is 135 Å². The minimum atomic E-state index is -2.19. The molecule has 0 bridgehead atoms. The summed E-state index contributed by atoms with van der Waals surface area (Å²) in [4.78, 5) is 47.2. The van der Waals surface area contributed by atoms with E-state index in [-0.39, 0.29) is 6.42 Å². The van der Waals surface area contributed by atoms with Crippen molar-refractivity contribution in [3.8, 4) is 0 Å². The van der Waals surface area contributed by atoms with Crippen molar-refractivity contribution >= 4 is 35.3 Å². The van der Waals surface area contributed by atoms with Crippen molar-refractivity contribution in [2.45, 2.75) is 76.8 Å². The second kappa shape index (κ2) is 10.1. The maximum Gasteiger partial charge on any atom is 0.303 e. The average molecular weight is 425 g/mol. The number of hydrogen-bond donors (Lipinski definition) is 1. The summed E-state index contributed by atoms with van der Waals surface area (Å²) in [6.07, 6.45) is -6.11. The number of rotatable bonds is 8. The summed E-state index contributed by atoms with van der Waals surface area (Å²) in [7, 11) is 0. The number of esters is 3. The van der Waals surface area contributed by atoms with Gasteiger partial charge in [-0.1, -0.05) is 18.5 Å². The molecule has 0 aromatic rings. The molecule has 11 heteroatoms. The van der Waals surface area contributed by atoms with Gasteiger partial charge in [0.2, 0.25) is 5.60 Å². The Labute approximate surface area is 167 Å². The first kappa shape index (κ1) is 24.3. The van der Waals surface area contributed by atoms with Crippen LogP contribution in [0, 0.1) is 0 Å². The van der Waals surface area contributed by atoms with E-state index in [0.717, 1.165) is 27.7 Å². The standard InChI is InChI=1S/C17H25ClO10/c1-6-13(18)28-17(8(2)19)14(25-10(4)21)12(7-24-9(3)20)27-16(23)15(17)26-11(5)22/h12-16,23H,6-7H2,1-5H3/t12-,13?,14-,15+,16?,17+/m1/s1. The molecule has 160 valence electrons. The Kier molecular flexibility index (Phi) is 8.80.